The van der Waals surface area contributed by atoms with Crippen molar-refractivity contribution in [3.63, 3.8) is 0 Å². The van der Waals surface area contributed by atoms with Gasteiger partial charge in [0.2, 0.25) is 5.91 Å². The van der Waals surface area contributed by atoms with Gasteiger partial charge in [-0.1, -0.05) is 42.5 Å². The van der Waals surface area contributed by atoms with Crippen LogP contribution < -0.4 is 10.6 Å². The fourth-order valence-corrected chi connectivity index (χ4v) is 3.35. The molecule has 1 aliphatic carbocycles. The number of amides is 1. The minimum absolute atomic E-state index is 0. The number of benzene rings is 1. The van der Waals surface area contributed by atoms with Gasteiger partial charge in [0.1, 0.15) is 0 Å². The van der Waals surface area contributed by atoms with Gasteiger partial charge >= 0.3 is 0 Å². The number of halogens is 1. The molecule has 1 saturated carbocycles. The normalized spacial score (nSPS) is 17.8. The summed E-state index contributed by atoms with van der Waals surface area (Å²) in [6, 6.07) is 10.9. The molecule has 0 aromatic heterocycles. The fraction of sp³-hybridized carbons (Fsp3) is 0.545. The Hall–Kier alpha value is -1.61. The number of nitrogens with one attached hydrogen (secondary N) is 2. The molecule has 2 aliphatic rings. The summed E-state index contributed by atoms with van der Waals surface area (Å²) >= 11 is 0. The van der Waals surface area contributed by atoms with Crippen LogP contribution in [-0.4, -0.2) is 74.0 Å². The standard InChI is InChI=1S/C22H33N5O.HI/c1-23-22(24-13-5-10-21(28)25-20-11-12-20)27-17-15-26(16-18-27)14-6-9-19-7-3-2-4-8-19;/h2-4,6-9,20H,5,10-18H2,1H3,(H,23,24)(H,25,28);1H/b9-6+;. The van der Waals surface area contributed by atoms with Gasteiger partial charge in [-0.15, -0.1) is 24.0 Å². The van der Waals surface area contributed by atoms with Crippen LogP contribution in [0, 0.1) is 0 Å². The third-order valence-electron chi connectivity index (χ3n) is 5.16. The lowest BCUT2D eigenvalue weighted by Crippen LogP contribution is -2.52. The second-order valence-electron chi connectivity index (χ2n) is 7.52. The second-order valence-corrected chi connectivity index (χ2v) is 7.52. The van der Waals surface area contributed by atoms with Gasteiger partial charge in [0.25, 0.3) is 0 Å². The molecule has 1 heterocycles. The maximum atomic E-state index is 11.7. The number of carbonyl (C=O) groups is 1. The largest absolute Gasteiger partial charge is 0.356 e. The van der Waals surface area contributed by atoms with E-state index in [0.717, 1.165) is 64.5 Å². The molecule has 3 rings (SSSR count). The van der Waals surface area contributed by atoms with Crippen LogP contribution >= 0.6 is 24.0 Å². The average molecular weight is 511 g/mol. The van der Waals surface area contributed by atoms with Gasteiger partial charge in [0.05, 0.1) is 0 Å². The van der Waals surface area contributed by atoms with E-state index in [9.17, 15) is 4.79 Å². The van der Waals surface area contributed by atoms with Crippen LogP contribution in [0.15, 0.2) is 41.4 Å². The van der Waals surface area contributed by atoms with Crippen molar-refractivity contribution < 1.29 is 4.79 Å². The first-order valence-corrected chi connectivity index (χ1v) is 10.4. The zero-order valence-corrected chi connectivity index (χ0v) is 19.7. The summed E-state index contributed by atoms with van der Waals surface area (Å²) in [5.74, 6) is 1.12. The van der Waals surface area contributed by atoms with Crippen molar-refractivity contribution in [2.24, 2.45) is 4.99 Å². The van der Waals surface area contributed by atoms with Gasteiger partial charge in [-0.05, 0) is 24.8 Å². The summed E-state index contributed by atoms with van der Waals surface area (Å²) < 4.78 is 0. The van der Waals surface area contributed by atoms with E-state index >= 15 is 0 Å². The molecule has 1 aliphatic heterocycles. The fourth-order valence-electron chi connectivity index (χ4n) is 3.35. The molecule has 0 spiro atoms. The zero-order valence-electron chi connectivity index (χ0n) is 17.3. The monoisotopic (exact) mass is 511 g/mol. The molecular formula is C22H34IN5O. The second kappa shape index (κ2) is 12.8. The number of piperazine rings is 1. The van der Waals surface area contributed by atoms with Gasteiger partial charge in [-0.3, -0.25) is 14.7 Å². The first kappa shape index (κ1) is 23.7. The van der Waals surface area contributed by atoms with Crippen LogP contribution in [0.5, 0.6) is 0 Å². The lowest BCUT2D eigenvalue weighted by Gasteiger charge is -2.36. The van der Waals surface area contributed by atoms with E-state index in [1.165, 1.54) is 5.56 Å². The molecule has 1 saturated heterocycles. The summed E-state index contributed by atoms with van der Waals surface area (Å²) in [6.07, 6.45) is 8.14. The van der Waals surface area contributed by atoms with Crippen molar-refractivity contribution in [2.45, 2.75) is 31.7 Å². The van der Waals surface area contributed by atoms with Crippen molar-refractivity contribution in [2.75, 3.05) is 46.3 Å². The highest BCUT2D eigenvalue weighted by Crippen LogP contribution is 2.18. The molecule has 0 bridgehead atoms. The van der Waals surface area contributed by atoms with Crippen molar-refractivity contribution in [1.82, 2.24) is 20.4 Å². The average Bonchev–Trinajstić information content (AvgIpc) is 3.53. The number of carbonyl (C=O) groups excluding carboxylic acids is 1. The SMILES string of the molecule is CN=C(NCCCC(=O)NC1CC1)N1CCN(C/C=C/c2ccccc2)CC1.I. The molecule has 0 unspecified atom stereocenters. The highest BCUT2D eigenvalue weighted by atomic mass is 127. The van der Waals surface area contributed by atoms with E-state index in [0.29, 0.717) is 12.5 Å². The topological polar surface area (TPSA) is 60.0 Å². The van der Waals surface area contributed by atoms with E-state index in [-0.39, 0.29) is 29.9 Å². The van der Waals surface area contributed by atoms with Crippen LogP contribution in [0.1, 0.15) is 31.2 Å². The van der Waals surface area contributed by atoms with Crippen LogP contribution in [0.2, 0.25) is 0 Å². The quantitative estimate of drug-likeness (QED) is 0.244. The number of hydrogen-bond acceptors (Lipinski definition) is 3. The Bertz CT molecular complexity index is 667. The van der Waals surface area contributed by atoms with Gasteiger partial charge in [0.15, 0.2) is 5.96 Å². The van der Waals surface area contributed by atoms with Gasteiger partial charge in [-0.25, -0.2) is 0 Å². The Labute approximate surface area is 191 Å². The molecule has 160 valence electrons. The zero-order chi connectivity index (χ0) is 19.6. The molecule has 0 radical (unpaired) electrons. The molecule has 2 N–H and O–H groups in total. The molecule has 0 atom stereocenters. The van der Waals surface area contributed by atoms with Crippen LogP contribution in [0.25, 0.3) is 6.08 Å². The number of rotatable bonds is 8. The Morgan fingerprint density at radius 1 is 1.17 bits per heavy atom. The van der Waals surface area contributed by atoms with Crippen LogP contribution in [0.4, 0.5) is 0 Å². The van der Waals surface area contributed by atoms with Crippen LogP contribution in [-0.2, 0) is 4.79 Å². The highest BCUT2D eigenvalue weighted by Gasteiger charge is 2.23. The van der Waals surface area contributed by atoms with Gasteiger partial charge in [-0.2, -0.15) is 0 Å². The summed E-state index contributed by atoms with van der Waals surface area (Å²) in [6.45, 7) is 5.77. The molecular weight excluding hydrogens is 477 g/mol. The Morgan fingerprint density at radius 2 is 1.90 bits per heavy atom. The Morgan fingerprint density at radius 3 is 2.55 bits per heavy atom. The number of guanidine groups is 1. The summed E-state index contributed by atoms with van der Waals surface area (Å²) in [5.41, 5.74) is 1.25. The lowest BCUT2D eigenvalue weighted by molar-refractivity contribution is -0.121. The van der Waals surface area contributed by atoms with E-state index in [4.69, 9.17) is 0 Å². The number of nitrogens with zero attached hydrogens (tertiary/aromatic N) is 3. The van der Waals surface area contributed by atoms with E-state index in [1.54, 1.807) is 0 Å². The smallest absolute Gasteiger partial charge is 0.220 e. The maximum absolute atomic E-state index is 11.7. The third kappa shape index (κ3) is 8.74. The predicted octanol–water partition coefficient (Wildman–Crippen LogP) is 2.57. The molecule has 1 aromatic carbocycles. The minimum atomic E-state index is 0. The maximum Gasteiger partial charge on any atom is 0.220 e. The van der Waals surface area contributed by atoms with Gasteiger partial charge in [0, 0.05) is 58.8 Å². The van der Waals surface area contributed by atoms with Crippen molar-refractivity contribution >= 4 is 41.9 Å². The molecule has 7 heteroatoms. The van der Waals surface area contributed by atoms with Crippen molar-refractivity contribution in [3.05, 3.63) is 42.0 Å². The third-order valence-corrected chi connectivity index (χ3v) is 5.16. The molecule has 1 amide bonds. The van der Waals surface area contributed by atoms with E-state index in [1.807, 2.05) is 13.1 Å². The van der Waals surface area contributed by atoms with E-state index in [2.05, 4.69) is 61.8 Å². The summed E-state index contributed by atoms with van der Waals surface area (Å²) in [7, 11) is 1.83. The first-order chi connectivity index (χ1) is 13.7. The summed E-state index contributed by atoms with van der Waals surface area (Å²) in [4.78, 5) is 20.9. The highest BCUT2D eigenvalue weighted by molar-refractivity contribution is 14.0. The number of hydrogen-bond donors (Lipinski definition) is 2. The molecule has 29 heavy (non-hydrogen) atoms. The van der Waals surface area contributed by atoms with Crippen molar-refractivity contribution in [1.29, 1.82) is 0 Å². The van der Waals surface area contributed by atoms with Crippen LogP contribution in [0.3, 0.4) is 0 Å². The Kier molecular flexibility index (Phi) is 10.5. The lowest BCUT2D eigenvalue weighted by atomic mass is 10.2. The number of aliphatic imine (C=N–C) groups is 1. The first-order valence-electron chi connectivity index (χ1n) is 10.4. The minimum Gasteiger partial charge on any atom is -0.356 e. The van der Waals surface area contributed by atoms with E-state index < -0.39 is 0 Å². The van der Waals surface area contributed by atoms with Crippen molar-refractivity contribution in [3.8, 4) is 0 Å². The molecule has 1 aromatic rings. The molecule has 6 nitrogen and oxygen atoms in total. The predicted molar refractivity (Wildman–Crippen MR) is 131 cm³/mol. The Balaban J connectivity index is 0.00000300. The molecule has 2 fully saturated rings. The summed E-state index contributed by atoms with van der Waals surface area (Å²) in [5, 5.41) is 6.44. The van der Waals surface area contributed by atoms with Gasteiger partial charge < -0.3 is 15.5 Å².